The number of ether oxygens (including phenoxy) is 1. The van der Waals surface area contributed by atoms with E-state index < -0.39 is 5.72 Å². The van der Waals surface area contributed by atoms with Crippen LogP contribution in [0.2, 0.25) is 0 Å². The van der Waals surface area contributed by atoms with E-state index in [1.54, 1.807) is 6.08 Å². The molecule has 0 unspecified atom stereocenters. The van der Waals surface area contributed by atoms with E-state index in [0.29, 0.717) is 26.0 Å². The molecule has 23 heavy (non-hydrogen) atoms. The monoisotopic (exact) mass is 312 g/mol. The second-order valence-electron chi connectivity index (χ2n) is 6.34. The molecule has 1 spiro atoms. The van der Waals surface area contributed by atoms with Gasteiger partial charge >= 0.3 is 0 Å². The van der Waals surface area contributed by atoms with Crippen molar-refractivity contribution in [3.8, 4) is 0 Å². The van der Waals surface area contributed by atoms with Crippen LogP contribution < -0.4 is 0 Å². The highest BCUT2D eigenvalue weighted by atomic mass is 16.5. The van der Waals surface area contributed by atoms with Crippen LogP contribution in [-0.4, -0.2) is 53.1 Å². The summed E-state index contributed by atoms with van der Waals surface area (Å²) in [6, 6.07) is 9.60. The minimum absolute atomic E-state index is 0.0421. The van der Waals surface area contributed by atoms with Gasteiger partial charge in [-0.1, -0.05) is 30.3 Å². The van der Waals surface area contributed by atoms with Crippen molar-refractivity contribution in [3.05, 3.63) is 42.0 Å². The maximum atomic E-state index is 12.6. The Labute approximate surface area is 135 Å². The van der Waals surface area contributed by atoms with Gasteiger partial charge in [-0.15, -0.1) is 0 Å². The lowest BCUT2D eigenvalue weighted by molar-refractivity contribution is -0.181. The molecule has 3 aliphatic heterocycles. The van der Waals surface area contributed by atoms with Crippen LogP contribution in [0.5, 0.6) is 0 Å². The van der Waals surface area contributed by atoms with E-state index in [9.17, 15) is 9.59 Å². The largest absolute Gasteiger partial charge is 0.353 e. The Kier molecular flexibility index (Phi) is 3.45. The van der Waals surface area contributed by atoms with E-state index in [1.807, 2.05) is 46.2 Å². The van der Waals surface area contributed by atoms with Gasteiger partial charge in [0.1, 0.15) is 0 Å². The molecule has 5 heteroatoms. The Bertz CT molecular complexity index is 657. The first kappa shape index (κ1) is 14.5. The minimum atomic E-state index is -0.564. The van der Waals surface area contributed by atoms with Gasteiger partial charge in [-0.2, -0.15) is 0 Å². The van der Waals surface area contributed by atoms with Gasteiger partial charge < -0.3 is 14.5 Å². The fourth-order valence-electron chi connectivity index (χ4n) is 4.04. The summed E-state index contributed by atoms with van der Waals surface area (Å²) in [7, 11) is 0. The van der Waals surface area contributed by atoms with Crippen LogP contribution in [0, 0.1) is 0 Å². The maximum Gasteiger partial charge on any atom is 0.247 e. The number of benzene rings is 1. The van der Waals surface area contributed by atoms with E-state index in [-0.39, 0.29) is 17.9 Å². The molecule has 3 heterocycles. The quantitative estimate of drug-likeness (QED) is 0.780. The molecule has 1 aromatic rings. The third-order valence-electron chi connectivity index (χ3n) is 5.11. The van der Waals surface area contributed by atoms with E-state index >= 15 is 0 Å². The molecule has 3 saturated heterocycles. The van der Waals surface area contributed by atoms with Gasteiger partial charge in [0.2, 0.25) is 11.8 Å². The molecule has 0 aromatic heterocycles. The zero-order chi connectivity index (χ0) is 15.9. The molecule has 0 radical (unpaired) electrons. The summed E-state index contributed by atoms with van der Waals surface area (Å²) in [6.45, 7) is 2.06. The van der Waals surface area contributed by atoms with E-state index in [1.165, 1.54) is 0 Å². The van der Waals surface area contributed by atoms with Gasteiger partial charge in [-0.25, -0.2) is 0 Å². The van der Waals surface area contributed by atoms with Gasteiger partial charge in [0.15, 0.2) is 5.72 Å². The predicted octanol–water partition coefficient (Wildman–Crippen LogP) is 1.65. The molecule has 120 valence electrons. The van der Waals surface area contributed by atoms with Crippen molar-refractivity contribution in [1.82, 2.24) is 9.80 Å². The molecular weight excluding hydrogens is 292 g/mol. The normalized spacial score (nSPS) is 29.9. The smallest absolute Gasteiger partial charge is 0.247 e. The van der Waals surface area contributed by atoms with Crippen molar-refractivity contribution in [2.24, 2.45) is 0 Å². The van der Waals surface area contributed by atoms with Crippen LogP contribution in [0.1, 0.15) is 24.8 Å². The standard InChI is InChI=1S/C18H20N2O3/c21-16(8-7-14-5-2-1-3-6-14)19-11-9-18-15(19)13-17(22)20(18)10-4-12-23-18/h1-3,5-8,15H,4,9-13H2/t15-,18+/m1/s1. The zero-order valence-electron chi connectivity index (χ0n) is 13.0. The molecule has 2 atom stereocenters. The Balaban J connectivity index is 1.53. The van der Waals surface area contributed by atoms with Crippen LogP contribution in [-0.2, 0) is 14.3 Å². The van der Waals surface area contributed by atoms with Crippen LogP contribution in [0.15, 0.2) is 36.4 Å². The van der Waals surface area contributed by atoms with E-state index in [0.717, 1.165) is 18.5 Å². The van der Waals surface area contributed by atoms with Crippen molar-refractivity contribution in [3.63, 3.8) is 0 Å². The lowest BCUT2D eigenvalue weighted by Crippen LogP contribution is -2.56. The highest BCUT2D eigenvalue weighted by Crippen LogP contribution is 2.44. The highest BCUT2D eigenvalue weighted by Gasteiger charge is 2.61. The number of carbonyl (C=O) groups excluding carboxylic acids is 2. The molecule has 1 aromatic carbocycles. The summed E-state index contributed by atoms with van der Waals surface area (Å²) >= 11 is 0. The fourth-order valence-corrected chi connectivity index (χ4v) is 4.04. The number of hydrogen-bond acceptors (Lipinski definition) is 3. The number of nitrogens with zero attached hydrogens (tertiary/aromatic N) is 2. The lowest BCUT2D eigenvalue weighted by Gasteiger charge is -2.42. The first-order valence-corrected chi connectivity index (χ1v) is 8.19. The van der Waals surface area contributed by atoms with Crippen molar-refractivity contribution in [2.45, 2.75) is 31.0 Å². The van der Waals surface area contributed by atoms with Crippen LogP contribution in [0.25, 0.3) is 6.08 Å². The summed E-state index contributed by atoms with van der Waals surface area (Å²) in [5, 5.41) is 0. The van der Waals surface area contributed by atoms with Gasteiger partial charge in [-0.05, 0) is 18.1 Å². The number of carbonyl (C=O) groups is 2. The number of amides is 2. The molecule has 0 aliphatic carbocycles. The third-order valence-corrected chi connectivity index (χ3v) is 5.11. The Morgan fingerprint density at radius 3 is 2.91 bits per heavy atom. The average Bonchev–Trinajstić information content (AvgIpc) is 3.06. The van der Waals surface area contributed by atoms with Crippen LogP contribution in [0.4, 0.5) is 0 Å². The van der Waals surface area contributed by atoms with Crippen LogP contribution >= 0.6 is 0 Å². The molecule has 2 amide bonds. The summed E-state index contributed by atoms with van der Waals surface area (Å²) in [5.41, 5.74) is 0.429. The van der Waals surface area contributed by atoms with Gasteiger partial charge in [0.25, 0.3) is 0 Å². The molecule has 0 N–H and O–H groups in total. The zero-order valence-corrected chi connectivity index (χ0v) is 13.0. The van der Waals surface area contributed by atoms with Crippen molar-refractivity contribution in [1.29, 1.82) is 0 Å². The second-order valence-corrected chi connectivity index (χ2v) is 6.34. The first-order valence-electron chi connectivity index (χ1n) is 8.19. The Hall–Kier alpha value is -2.14. The second kappa shape index (κ2) is 5.49. The minimum Gasteiger partial charge on any atom is -0.353 e. The van der Waals surface area contributed by atoms with Crippen molar-refractivity contribution < 1.29 is 14.3 Å². The Morgan fingerprint density at radius 1 is 1.26 bits per heavy atom. The summed E-state index contributed by atoms with van der Waals surface area (Å²) in [4.78, 5) is 28.5. The molecule has 3 aliphatic rings. The molecule has 0 saturated carbocycles. The summed E-state index contributed by atoms with van der Waals surface area (Å²) in [5.74, 6) is 0.0683. The maximum absolute atomic E-state index is 12.6. The lowest BCUT2D eigenvalue weighted by atomic mass is 10.0. The van der Waals surface area contributed by atoms with Crippen molar-refractivity contribution in [2.75, 3.05) is 19.7 Å². The van der Waals surface area contributed by atoms with Gasteiger partial charge in [-0.3, -0.25) is 9.59 Å². The van der Waals surface area contributed by atoms with Crippen LogP contribution in [0.3, 0.4) is 0 Å². The molecule has 0 bridgehead atoms. The van der Waals surface area contributed by atoms with Crippen molar-refractivity contribution >= 4 is 17.9 Å². The Morgan fingerprint density at radius 2 is 2.09 bits per heavy atom. The summed E-state index contributed by atoms with van der Waals surface area (Å²) < 4.78 is 6.01. The molecule has 4 rings (SSSR count). The number of hydrogen-bond donors (Lipinski definition) is 0. The number of rotatable bonds is 2. The fraction of sp³-hybridized carbons (Fsp3) is 0.444. The number of likely N-dealkylation sites (tertiary alicyclic amines) is 1. The predicted molar refractivity (Wildman–Crippen MR) is 85.2 cm³/mol. The van der Waals surface area contributed by atoms with Gasteiger partial charge in [0.05, 0.1) is 19.1 Å². The third kappa shape index (κ3) is 2.27. The topological polar surface area (TPSA) is 49.9 Å². The summed E-state index contributed by atoms with van der Waals surface area (Å²) in [6.07, 6.45) is 5.40. The van der Waals surface area contributed by atoms with E-state index in [4.69, 9.17) is 4.74 Å². The van der Waals surface area contributed by atoms with E-state index in [2.05, 4.69) is 0 Å². The molecular formula is C18H20N2O3. The first-order chi connectivity index (χ1) is 11.2. The molecule has 3 fully saturated rings. The average molecular weight is 312 g/mol. The SMILES string of the molecule is O=C(C=Cc1ccccc1)N1CC[C@@]23OCCCN2C(=O)C[C@@H]13. The highest BCUT2D eigenvalue weighted by molar-refractivity contribution is 5.93. The van der Waals surface area contributed by atoms with Gasteiger partial charge in [0, 0.05) is 25.6 Å². The molecule has 5 nitrogen and oxygen atoms in total.